The molecule has 0 radical (unpaired) electrons. The maximum atomic E-state index is 11.8. The van der Waals surface area contributed by atoms with Crippen molar-refractivity contribution in [2.75, 3.05) is 7.11 Å². The van der Waals surface area contributed by atoms with Crippen LogP contribution in [0.1, 0.15) is 11.1 Å². The summed E-state index contributed by atoms with van der Waals surface area (Å²) in [5, 5.41) is 1.02. The monoisotopic (exact) mass is 264 g/mol. The second-order valence-corrected chi connectivity index (χ2v) is 5.72. The molecule has 0 amide bonds. The van der Waals surface area contributed by atoms with Gasteiger partial charge in [0.05, 0.1) is 7.11 Å². The molecule has 5 heteroatoms. The molecule has 18 heavy (non-hydrogen) atoms. The van der Waals surface area contributed by atoms with E-state index in [0.717, 1.165) is 18.1 Å². The summed E-state index contributed by atoms with van der Waals surface area (Å²) in [6.07, 6.45) is 1.42. The third-order valence-electron chi connectivity index (χ3n) is 2.68. The molecule has 1 aliphatic rings. The second kappa shape index (κ2) is 4.42. The van der Waals surface area contributed by atoms with E-state index in [-0.39, 0.29) is 4.91 Å². The summed E-state index contributed by atoms with van der Waals surface area (Å²) in [5.74, 6) is -0.837. The zero-order valence-electron chi connectivity index (χ0n) is 10.0. The van der Waals surface area contributed by atoms with Crippen LogP contribution in [0.3, 0.4) is 0 Å². The molecule has 1 aromatic rings. The number of hydrogen-bond acceptors (Lipinski definition) is 4. The molecule has 94 valence electrons. The number of rotatable bonds is 2. The van der Waals surface area contributed by atoms with E-state index in [1.807, 2.05) is 19.1 Å². The van der Waals surface area contributed by atoms with E-state index in [9.17, 15) is 13.2 Å². The molecular formula is C13H12O4S. The number of sulfone groups is 1. The van der Waals surface area contributed by atoms with Crippen LogP contribution in [0.2, 0.25) is 0 Å². The fourth-order valence-electron chi connectivity index (χ4n) is 1.73. The van der Waals surface area contributed by atoms with E-state index >= 15 is 0 Å². The van der Waals surface area contributed by atoms with E-state index in [1.165, 1.54) is 6.08 Å². The van der Waals surface area contributed by atoms with Gasteiger partial charge in [-0.3, -0.25) is 0 Å². The molecule has 0 fully saturated rings. The SMILES string of the molecule is COC(=O)C1=C(c2ccc(C)cc2)C=CS1(=O)=O. The maximum absolute atomic E-state index is 11.8. The summed E-state index contributed by atoms with van der Waals surface area (Å²) in [5.41, 5.74) is 2.11. The number of benzene rings is 1. The number of carbonyl (C=O) groups is 1. The van der Waals surface area contributed by atoms with Crippen molar-refractivity contribution in [3.05, 3.63) is 51.8 Å². The molecule has 0 aromatic heterocycles. The molecule has 0 aliphatic carbocycles. The van der Waals surface area contributed by atoms with Gasteiger partial charge in [0.15, 0.2) is 4.91 Å². The number of aryl methyl sites for hydroxylation is 1. The highest BCUT2D eigenvalue weighted by Crippen LogP contribution is 2.31. The van der Waals surface area contributed by atoms with Gasteiger partial charge in [-0.05, 0) is 18.6 Å². The lowest BCUT2D eigenvalue weighted by Gasteiger charge is -2.05. The smallest absolute Gasteiger partial charge is 0.350 e. The fourth-order valence-corrected chi connectivity index (χ4v) is 2.99. The summed E-state index contributed by atoms with van der Waals surface area (Å²) in [4.78, 5) is 11.3. The number of allylic oxidation sites excluding steroid dienone is 2. The number of ether oxygens (including phenoxy) is 1. The fraction of sp³-hybridized carbons (Fsp3) is 0.154. The molecule has 2 rings (SSSR count). The lowest BCUT2D eigenvalue weighted by atomic mass is 10.0. The van der Waals surface area contributed by atoms with Gasteiger partial charge in [0.1, 0.15) is 0 Å². The Morgan fingerprint density at radius 1 is 1.17 bits per heavy atom. The van der Waals surface area contributed by atoms with E-state index in [4.69, 9.17) is 0 Å². The molecule has 0 N–H and O–H groups in total. The topological polar surface area (TPSA) is 60.4 Å². The Morgan fingerprint density at radius 2 is 1.78 bits per heavy atom. The van der Waals surface area contributed by atoms with Crippen LogP contribution in [-0.2, 0) is 19.4 Å². The molecular weight excluding hydrogens is 252 g/mol. The normalized spacial score (nSPS) is 17.0. The van der Waals surface area contributed by atoms with Crippen molar-refractivity contribution in [1.82, 2.24) is 0 Å². The first kappa shape index (κ1) is 12.6. The number of hydrogen-bond donors (Lipinski definition) is 0. The van der Waals surface area contributed by atoms with Crippen molar-refractivity contribution < 1.29 is 17.9 Å². The molecule has 0 saturated carbocycles. The van der Waals surface area contributed by atoms with Crippen molar-refractivity contribution in [2.24, 2.45) is 0 Å². The summed E-state index contributed by atoms with van der Waals surface area (Å²) in [6, 6.07) is 7.27. The zero-order chi connectivity index (χ0) is 13.3. The first-order valence-electron chi connectivity index (χ1n) is 5.28. The molecule has 0 bridgehead atoms. The zero-order valence-corrected chi connectivity index (χ0v) is 10.8. The van der Waals surface area contributed by atoms with Crippen molar-refractivity contribution in [2.45, 2.75) is 6.92 Å². The second-order valence-electron chi connectivity index (χ2n) is 3.95. The van der Waals surface area contributed by atoms with Crippen LogP contribution in [0, 0.1) is 6.92 Å². The van der Waals surface area contributed by atoms with Gasteiger partial charge in [-0.15, -0.1) is 0 Å². The van der Waals surface area contributed by atoms with Gasteiger partial charge in [0, 0.05) is 11.0 Å². The van der Waals surface area contributed by atoms with Crippen molar-refractivity contribution in [1.29, 1.82) is 0 Å². The number of esters is 1. The van der Waals surface area contributed by atoms with Gasteiger partial charge in [-0.25, -0.2) is 13.2 Å². The minimum Gasteiger partial charge on any atom is -0.465 e. The highest BCUT2D eigenvalue weighted by atomic mass is 32.2. The van der Waals surface area contributed by atoms with Crippen LogP contribution >= 0.6 is 0 Å². The predicted molar refractivity (Wildman–Crippen MR) is 68.2 cm³/mol. The van der Waals surface area contributed by atoms with Crippen LogP contribution in [0.25, 0.3) is 5.57 Å². The summed E-state index contributed by atoms with van der Waals surface area (Å²) in [7, 11) is -2.52. The molecule has 0 spiro atoms. The number of carbonyl (C=O) groups excluding carboxylic acids is 1. The van der Waals surface area contributed by atoms with E-state index < -0.39 is 15.8 Å². The van der Waals surface area contributed by atoms with E-state index in [1.54, 1.807) is 12.1 Å². The van der Waals surface area contributed by atoms with Gasteiger partial charge < -0.3 is 4.74 Å². The molecule has 1 aliphatic heterocycles. The van der Waals surface area contributed by atoms with Crippen LogP contribution < -0.4 is 0 Å². The Morgan fingerprint density at radius 3 is 2.33 bits per heavy atom. The molecule has 1 heterocycles. The Balaban J connectivity index is 2.62. The largest absolute Gasteiger partial charge is 0.465 e. The molecule has 0 atom stereocenters. The third kappa shape index (κ3) is 2.09. The Bertz CT molecular complexity index is 649. The summed E-state index contributed by atoms with van der Waals surface area (Å²) < 4.78 is 28.1. The Hall–Kier alpha value is -1.88. The van der Waals surface area contributed by atoms with Crippen LogP contribution in [-0.4, -0.2) is 21.5 Å². The molecule has 4 nitrogen and oxygen atoms in total. The molecule has 0 unspecified atom stereocenters. The van der Waals surface area contributed by atoms with Gasteiger partial charge >= 0.3 is 5.97 Å². The average Bonchev–Trinajstić information content (AvgIpc) is 2.65. The van der Waals surface area contributed by atoms with Gasteiger partial charge in [-0.2, -0.15) is 0 Å². The average molecular weight is 264 g/mol. The minimum atomic E-state index is -3.68. The Labute approximate surface area is 106 Å². The van der Waals surface area contributed by atoms with Gasteiger partial charge in [0.2, 0.25) is 9.84 Å². The van der Waals surface area contributed by atoms with Crippen molar-refractivity contribution in [3.8, 4) is 0 Å². The lowest BCUT2D eigenvalue weighted by Crippen LogP contribution is -2.12. The van der Waals surface area contributed by atoms with Crippen molar-refractivity contribution >= 4 is 21.4 Å². The van der Waals surface area contributed by atoms with Crippen LogP contribution in [0.5, 0.6) is 0 Å². The Kier molecular flexibility index (Phi) is 3.09. The predicted octanol–water partition coefficient (Wildman–Crippen LogP) is 1.82. The first-order valence-corrected chi connectivity index (χ1v) is 6.83. The number of methoxy groups -OCH3 is 1. The molecule has 1 aromatic carbocycles. The maximum Gasteiger partial charge on any atom is 0.350 e. The minimum absolute atomic E-state index is 0.297. The van der Waals surface area contributed by atoms with Gasteiger partial charge in [-0.1, -0.05) is 29.8 Å². The quantitative estimate of drug-likeness (QED) is 0.764. The van der Waals surface area contributed by atoms with Crippen molar-refractivity contribution in [3.63, 3.8) is 0 Å². The molecule has 0 saturated heterocycles. The van der Waals surface area contributed by atoms with Gasteiger partial charge in [0.25, 0.3) is 0 Å². The summed E-state index contributed by atoms with van der Waals surface area (Å²) >= 11 is 0. The highest BCUT2D eigenvalue weighted by molar-refractivity contribution is 7.99. The first-order chi connectivity index (χ1) is 8.45. The van der Waals surface area contributed by atoms with Crippen LogP contribution in [0.15, 0.2) is 40.7 Å². The van der Waals surface area contributed by atoms with E-state index in [0.29, 0.717) is 11.1 Å². The third-order valence-corrected chi connectivity index (χ3v) is 4.13. The summed E-state index contributed by atoms with van der Waals surface area (Å²) in [6.45, 7) is 1.93. The highest BCUT2D eigenvalue weighted by Gasteiger charge is 2.31. The van der Waals surface area contributed by atoms with E-state index in [2.05, 4.69) is 4.74 Å². The lowest BCUT2D eigenvalue weighted by molar-refractivity contribution is -0.135. The standard InChI is InChI=1S/C13H12O4S/c1-9-3-5-10(6-4-9)11-7-8-18(15,16)12(11)13(14)17-2/h3-8H,1-2H3. The van der Waals surface area contributed by atoms with Crippen LogP contribution in [0.4, 0.5) is 0 Å².